The van der Waals surface area contributed by atoms with E-state index in [9.17, 15) is 9.59 Å². The molecule has 0 radical (unpaired) electrons. The van der Waals surface area contributed by atoms with Crippen LogP contribution in [0.4, 0.5) is 0 Å². The van der Waals surface area contributed by atoms with E-state index in [1.54, 1.807) is 19.1 Å². The van der Waals surface area contributed by atoms with Crippen LogP contribution >= 0.6 is 11.6 Å². The molecule has 0 aliphatic rings. The number of aromatic nitrogens is 2. The molecule has 2 aromatic rings. The van der Waals surface area contributed by atoms with E-state index >= 15 is 0 Å². The van der Waals surface area contributed by atoms with Crippen LogP contribution in [0.1, 0.15) is 23.0 Å². The van der Waals surface area contributed by atoms with Crippen LogP contribution in [-0.2, 0) is 4.74 Å². The Hall–Kier alpha value is -2.14. The maximum Gasteiger partial charge on any atom is 0.362 e. The third-order valence-electron chi connectivity index (χ3n) is 2.70. The van der Waals surface area contributed by atoms with Gasteiger partial charge in [-0.25, -0.2) is 9.48 Å². The second-order valence-corrected chi connectivity index (χ2v) is 4.53. The highest BCUT2D eigenvalue weighted by atomic mass is 35.5. The van der Waals surface area contributed by atoms with Crippen molar-refractivity contribution in [1.82, 2.24) is 9.78 Å². The van der Waals surface area contributed by atoms with Gasteiger partial charge in [0, 0.05) is 17.3 Å². The Morgan fingerprint density at radius 1 is 1.40 bits per heavy atom. The normalized spacial score (nSPS) is 10.3. The van der Waals surface area contributed by atoms with Gasteiger partial charge in [0.1, 0.15) is 0 Å². The summed E-state index contributed by atoms with van der Waals surface area (Å²) >= 11 is 6.05. The minimum absolute atomic E-state index is 0.186. The van der Waals surface area contributed by atoms with Crippen LogP contribution < -0.4 is 5.43 Å². The molecule has 2 rings (SSSR count). The first-order chi connectivity index (χ1) is 9.52. The van der Waals surface area contributed by atoms with Crippen molar-refractivity contribution in [2.75, 3.05) is 6.61 Å². The van der Waals surface area contributed by atoms with Crippen molar-refractivity contribution in [2.24, 2.45) is 0 Å². The molecule has 6 heteroatoms. The molecule has 0 spiro atoms. The van der Waals surface area contributed by atoms with E-state index in [0.29, 0.717) is 10.7 Å². The maximum atomic E-state index is 11.6. The monoisotopic (exact) mass is 292 g/mol. The SMILES string of the molecule is CCOC(=O)c1nn(-c2ccc(C)c(Cl)c2)ccc1=O. The lowest BCUT2D eigenvalue weighted by molar-refractivity contribution is 0.0515. The summed E-state index contributed by atoms with van der Waals surface area (Å²) in [7, 11) is 0. The number of aryl methyl sites for hydroxylation is 1. The summed E-state index contributed by atoms with van der Waals surface area (Å²) in [5, 5.41) is 4.59. The van der Waals surface area contributed by atoms with E-state index < -0.39 is 11.4 Å². The van der Waals surface area contributed by atoms with E-state index in [-0.39, 0.29) is 12.3 Å². The Kier molecular flexibility index (Phi) is 4.20. The lowest BCUT2D eigenvalue weighted by Crippen LogP contribution is -2.22. The fraction of sp³-hybridized carbons (Fsp3) is 0.214. The average molecular weight is 293 g/mol. The van der Waals surface area contributed by atoms with Crippen LogP contribution in [-0.4, -0.2) is 22.4 Å². The summed E-state index contributed by atoms with van der Waals surface area (Å²) in [5.41, 5.74) is 0.872. The predicted octanol–water partition coefficient (Wildman–Crippen LogP) is 2.37. The molecule has 20 heavy (non-hydrogen) atoms. The fourth-order valence-electron chi connectivity index (χ4n) is 1.62. The quantitative estimate of drug-likeness (QED) is 0.815. The second kappa shape index (κ2) is 5.88. The van der Waals surface area contributed by atoms with Gasteiger partial charge in [0.15, 0.2) is 0 Å². The second-order valence-electron chi connectivity index (χ2n) is 4.13. The van der Waals surface area contributed by atoms with Gasteiger partial charge in [-0.2, -0.15) is 5.10 Å². The van der Waals surface area contributed by atoms with Gasteiger partial charge < -0.3 is 4.74 Å². The van der Waals surface area contributed by atoms with Crippen molar-refractivity contribution in [1.29, 1.82) is 0 Å². The molecule has 0 fully saturated rings. The van der Waals surface area contributed by atoms with Gasteiger partial charge in [-0.05, 0) is 31.5 Å². The van der Waals surface area contributed by atoms with Crippen molar-refractivity contribution < 1.29 is 9.53 Å². The molecule has 0 bridgehead atoms. The van der Waals surface area contributed by atoms with Gasteiger partial charge in [0.2, 0.25) is 11.1 Å². The van der Waals surface area contributed by atoms with Crippen LogP contribution in [0.2, 0.25) is 5.02 Å². The van der Waals surface area contributed by atoms with E-state index in [0.717, 1.165) is 5.56 Å². The molecule has 0 N–H and O–H groups in total. The molecule has 0 atom stereocenters. The molecular formula is C14H13ClN2O3. The number of ether oxygens (including phenoxy) is 1. The highest BCUT2D eigenvalue weighted by Gasteiger charge is 2.14. The number of carbonyl (C=O) groups excluding carboxylic acids is 1. The van der Waals surface area contributed by atoms with Gasteiger partial charge in [0.05, 0.1) is 12.3 Å². The molecule has 0 saturated carbocycles. The predicted molar refractivity (Wildman–Crippen MR) is 75.5 cm³/mol. The smallest absolute Gasteiger partial charge is 0.362 e. The van der Waals surface area contributed by atoms with Gasteiger partial charge in [0.25, 0.3) is 0 Å². The van der Waals surface area contributed by atoms with Crippen molar-refractivity contribution in [3.8, 4) is 5.69 Å². The van der Waals surface area contributed by atoms with Gasteiger partial charge >= 0.3 is 5.97 Å². The van der Waals surface area contributed by atoms with Crippen LogP contribution in [0.3, 0.4) is 0 Å². The summed E-state index contributed by atoms with van der Waals surface area (Å²) in [5.74, 6) is -0.731. The maximum absolute atomic E-state index is 11.6. The molecule has 104 valence electrons. The Bertz CT molecular complexity index is 710. The summed E-state index contributed by atoms with van der Waals surface area (Å²) < 4.78 is 6.22. The Morgan fingerprint density at radius 3 is 2.80 bits per heavy atom. The minimum Gasteiger partial charge on any atom is -0.461 e. The molecule has 5 nitrogen and oxygen atoms in total. The zero-order chi connectivity index (χ0) is 14.7. The summed E-state index contributed by atoms with van der Waals surface area (Å²) in [4.78, 5) is 23.3. The third-order valence-corrected chi connectivity index (χ3v) is 3.10. The number of esters is 1. The van der Waals surface area contributed by atoms with E-state index in [4.69, 9.17) is 16.3 Å². The van der Waals surface area contributed by atoms with Crippen LogP contribution in [0.25, 0.3) is 5.69 Å². The fourth-order valence-corrected chi connectivity index (χ4v) is 1.79. The Balaban J connectivity index is 2.48. The molecule has 0 aliphatic carbocycles. The number of hydrogen-bond acceptors (Lipinski definition) is 4. The van der Waals surface area contributed by atoms with Crippen molar-refractivity contribution >= 4 is 17.6 Å². The zero-order valence-electron chi connectivity index (χ0n) is 11.1. The first-order valence-electron chi connectivity index (χ1n) is 6.06. The molecule has 0 saturated heterocycles. The minimum atomic E-state index is -0.731. The number of rotatable bonds is 3. The largest absolute Gasteiger partial charge is 0.461 e. The molecular weight excluding hydrogens is 280 g/mol. The summed E-state index contributed by atoms with van der Waals surface area (Å²) in [6, 6.07) is 6.62. The summed E-state index contributed by atoms with van der Waals surface area (Å²) in [6.07, 6.45) is 1.48. The lowest BCUT2D eigenvalue weighted by atomic mass is 10.2. The molecule has 0 unspecified atom stereocenters. The average Bonchev–Trinajstić information content (AvgIpc) is 2.42. The van der Waals surface area contributed by atoms with Crippen molar-refractivity contribution in [3.05, 3.63) is 57.0 Å². The molecule has 1 aromatic heterocycles. The Labute approximate surface area is 120 Å². The number of hydrogen-bond donors (Lipinski definition) is 0. The van der Waals surface area contributed by atoms with Crippen LogP contribution in [0.5, 0.6) is 0 Å². The van der Waals surface area contributed by atoms with Crippen molar-refractivity contribution in [2.45, 2.75) is 13.8 Å². The first kappa shape index (κ1) is 14.3. The van der Waals surface area contributed by atoms with Crippen LogP contribution in [0, 0.1) is 6.92 Å². The number of benzene rings is 1. The number of halogens is 1. The molecule has 1 aromatic carbocycles. The standard InChI is InChI=1S/C14H13ClN2O3/c1-3-20-14(19)13-12(18)6-7-17(16-13)10-5-4-9(2)11(15)8-10/h4-8H,3H2,1-2H3. The highest BCUT2D eigenvalue weighted by Crippen LogP contribution is 2.18. The first-order valence-corrected chi connectivity index (χ1v) is 6.44. The van der Waals surface area contributed by atoms with E-state index in [2.05, 4.69) is 5.10 Å². The number of nitrogens with zero attached hydrogens (tertiary/aromatic N) is 2. The van der Waals surface area contributed by atoms with Crippen LogP contribution in [0.15, 0.2) is 35.3 Å². The van der Waals surface area contributed by atoms with Crippen molar-refractivity contribution in [3.63, 3.8) is 0 Å². The van der Waals surface area contributed by atoms with Gasteiger partial charge in [-0.15, -0.1) is 0 Å². The number of carbonyl (C=O) groups is 1. The van der Waals surface area contributed by atoms with E-state index in [1.165, 1.54) is 16.9 Å². The van der Waals surface area contributed by atoms with E-state index in [1.807, 2.05) is 13.0 Å². The highest BCUT2D eigenvalue weighted by molar-refractivity contribution is 6.31. The topological polar surface area (TPSA) is 61.2 Å². The Morgan fingerprint density at radius 2 is 2.15 bits per heavy atom. The van der Waals surface area contributed by atoms with Gasteiger partial charge in [-0.1, -0.05) is 17.7 Å². The molecule has 1 heterocycles. The molecule has 0 aliphatic heterocycles. The molecule has 0 amide bonds. The third kappa shape index (κ3) is 2.88. The summed E-state index contributed by atoms with van der Waals surface area (Å²) in [6.45, 7) is 3.74. The zero-order valence-corrected chi connectivity index (χ0v) is 11.8. The van der Waals surface area contributed by atoms with Gasteiger partial charge in [-0.3, -0.25) is 4.79 Å². The lowest BCUT2D eigenvalue weighted by Gasteiger charge is -2.08.